The largest absolute Gasteiger partial charge is 0.504 e. The molecule has 3 amide bonds. The second kappa shape index (κ2) is 12.1. The number of anilines is 1. The lowest BCUT2D eigenvalue weighted by Crippen LogP contribution is -2.56. The molecule has 3 saturated heterocycles. The summed E-state index contributed by atoms with van der Waals surface area (Å²) in [5.74, 6) is -12.2. The summed E-state index contributed by atoms with van der Waals surface area (Å²) in [4.78, 5) is 106. The van der Waals surface area contributed by atoms with Gasteiger partial charge in [0, 0.05) is 30.8 Å². The van der Waals surface area contributed by atoms with Crippen molar-refractivity contribution in [2.45, 2.75) is 43.1 Å². The molecular weight excluding hydrogens is 680 g/mol. The molecule has 4 aliphatic rings. The van der Waals surface area contributed by atoms with E-state index in [-0.39, 0.29) is 53.2 Å². The van der Waals surface area contributed by atoms with Crippen LogP contribution >= 0.6 is 11.5 Å². The minimum atomic E-state index is -2.89. The number of hydrogen-bond acceptors (Lipinski definition) is 18. The smallest absolute Gasteiger partial charge is 0.372 e. The molecule has 1 aromatic heterocycles. The van der Waals surface area contributed by atoms with Gasteiger partial charge in [0.2, 0.25) is 11.4 Å². The van der Waals surface area contributed by atoms with E-state index in [2.05, 4.69) is 14.5 Å². The number of Topliss-reactive ketones (excluding diaryl/α,β-unsaturated/α-hetero) is 1. The van der Waals surface area contributed by atoms with E-state index in [4.69, 9.17) is 24.9 Å². The predicted molar refractivity (Wildman–Crippen MR) is 153 cm³/mol. The van der Waals surface area contributed by atoms with Crippen molar-refractivity contribution in [2.24, 2.45) is 11.1 Å². The van der Waals surface area contributed by atoms with Crippen LogP contribution in [0.5, 0.6) is 11.5 Å². The number of hydroxylamine groups is 2. The third kappa shape index (κ3) is 5.44. The second-order valence-electron chi connectivity index (χ2n) is 11.2. The number of carbonyl (C=O) groups excluding carboxylic acids is 5. The summed E-state index contributed by atoms with van der Waals surface area (Å²) >= 11 is 0.690. The lowest BCUT2D eigenvalue weighted by Gasteiger charge is -2.31. The fourth-order valence-corrected chi connectivity index (χ4v) is 6.10. The van der Waals surface area contributed by atoms with E-state index >= 15 is 0 Å². The number of esters is 1. The van der Waals surface area contributed by atoms with E-state index in [0.717, 1.165) is 12.1 Å². The number of carboxylic acids is 2. The van der Waals surface area contributed by atoms with Gasteiger partial charge in [0.05, 0.1) is 43.3 Å². The van der Waals surface area contributed by atoms with E-state index in [1.54, 1.807) is 0 Å². The summed E-state index contributed by atoms with van der Waals surface area (Å²) in [6.45, 7) is -0.536. The van der Waals surface area contributed by atoms with Gasteiger partial charge in [-0.15, -0.1) is 0 Å². The van der Waals surface area contributed by atoms with Gasteiger partial charge in [-0.1, -0.05) is 5.16 Å². The molecule has 5 heterocycles. The first kappa shape index (κ1) is 33.2. The number of hydrogen-bond donors (Lipinski definition) is 5. The zero-order valence-corrected chi connectivity index (χ0v) is 25.6. The van der Waals surface area contributed by atoms with Gasteiger partial charge in [0.25, 0.3) is 17.7 Å². The number of nitrogens with two attached hydrogens (primary N) is 1. The molecule has 1 aromatic carbocycles. The molecule has 6 N–H and O–H groups in total. The molecule has 3 atom stereocenters. The Morgan fingerprint density at radius 2 is 1.67 bits per heavy atom. The molecule has 0 radical (unpaired) electrons. The van der Waals surface area contributed by atoms with E-state index in [1.807, 2.05) is 0 Å². The molecule has 3 fully saturated rings. The first-order valence-corrected chi connectivity index (χ1v) is 15.0. The average molecular weight is 705 g/mol. The van der Waals surface area contributed by atoms with E-state index in [1.165, 1.54) is 0 Å². The monoisotopic (exact) mass is 704 g/mol. The average Bonchev–Trinajstić information content (AvgIpc) is 3.80. The molecular formula is C27H24N6O15S. The zero-order valence-electron chi connectivity index (χ0n) is 24.8. The number of oxime groups is 1. The van der Waals surface area contributed by atoms with Gasteiger partial charge < -0.3 is 40.5 Å². The van der Waals surface area contributed by atoms with Crippen LogP contribution in [0.3, 0.4) is 0 Å². The maximum absolute atomic E-state index is 13.5. The highest BCUT2D eigenvalue weighted by atomic mass is 32.1. The molecule has 2 unspecified atom stereocenters. The second-order valence-corrected chi connectivity index (χ2v) is 12.0. The zero-order chi connectivity index (χ0) is 35.4. The number of aliphatic carboxylic acids is 2. The molecule has 49 heavy (non-hydrogen) atoms. The topological polar surface area (TPSA) is 308 Å². The number of amides is 3. The number of phenolic OH excluding ortho intramolecular Hbond substituents is 2. The van der Waals surface area contributed by atoms with E-state index in [9.17, 15) is 54.0 Å². The molecule has 6 rings (SSSR count). The predicted octanol–water partition coefficient (Wildman–Crippen LogP) is -1.37. The summed E-state index contributed by atoms with van der Waals surface area (Å²) in [6.07, 6.45) is -1.92. The summed E-state index contributed by atoms with van der Waals surface area (Å²) in [5.41, 5.74) is -0.426. The number of carboxylic acid groups (broad SMARTS) is 2. The van der Waals surface area contributed by atoms with Crippen molar-refractivity contribution >= 4 is 63.8 Å². The molecule has 258 valence electrons. The van der Waals surface area contributed by atoms with Crippen molar-refractivity contribution in [2.75, 3.05) is 25.6 Å². The van der Waals surface area contributed by atoms with Crippen molar-refractivity contribution in [3.8, 4) is 11.5 Å². The molecule has 2 aromatic rings. The fraction of sp³-hybridized carbons (Fsp3) is 0.407. The highest BCUT2D eigenvalue weighted by Gasteiger charge is 2.65. The highest BCUT2D eigenvalue weighted by Crippen LogP contribution is 2.41. The number of aromatic nitrogens is 2. The number of cyclic esters (lactones) is 1. The van der Waals surface area contributed by atoms with Crippen molar-refractivity contribution in [3.63, 3.8) is 0 Å². The van der Waals surface area contributed by atoms with Crippen LogP contribution in [-0.2, 0) is 43.1 Å². The number of nitrogens with zero attached hydrogens (tertiary/aromatic N) is 5. The molecule has 0 saturated carbocycles. The maximum Gasteiger partial charge on any atom is 0.372 e. The van der Waals surface area contributed by atoms with Crippen molar-refractivity contribution in [1.82, 2.24) is 19.3 Å². The van der Waals surface area contributed by atoms with Crippen LogP contribution in [0.15, 0.2) is 17.3 Å². The Kier molecular flexibility index (Phi) is 8.16. The summed E-state index contributed by atoms with van der Waals surface area (Å²) in [6, 6.07) is -0.283. The van der Waals surface area contributed by atoms with Crippen LogP contribution in [0.4, 0.5) is 5.13 Å². The number of fused-ring (bicyclic) bond motifs is 1. The molecule has 21 nitrogen and oxygen atoms in total. The minimum Gasteiger partial charge on any atom is -0.504 e. The standard InChI is InChI=1S/C27H24N6O15S/c28-25-29-18(31-49-25)17(30-48-26(23(41)42)1-3-45-4-2-26)16(36)5-10-9-46-33(19(10)37)27(24(43)44)8-13(22(40)47-27)32-20(38)11-6-14(34)15(35)7-12(11)21(32)39/h6-7,10,13,34-35H,1-5,8-9H2,(H,41,42)(H,43,44)(H2,28,29,31)/b30-17+/t10-,13?,27?/m0/s1. The number of rotatable bonds is 10. The number of imide groups is 1. The number of aromatic hydroxyl groups is 2. The third-order valence-corrected chi connectivity index (χ3v) is 8.85. The lowest BCUT2D eigenvalue weighted by molar-refractivity contribution is -0.256. The molecule has 0 bridgehead atoms. The normalized spacial score (nSPS) is 25.0. The molecule has 0 spiro atoms. The van der Waals surface area contributed by atoms with E-state index in [0.29, 0.717) is 16.4 Å². The van der Waals surface area contributed by atoms with Gasteiger partial charge in [0.1, 0.15) is 6.04 Å². The first-order valence-electron chi connectivity index (χ1n) is 14.3. The number of benzene rings is 1. The Hall–Kier alpha value is -5.74. The van der Waals surface area contributed by atoms with Gasteiger partial charge in [-0.3, -0.25) is 28.9 Å². The SMILES string of the molecule is Nc1nc(/C(=N/OC2(C(=O)O)CCOCC2)C(=O)C[C@H]2CON(C3(C(=O)O)CC(N4C(=O)c5cc(O)c(O)cc5C4=O)C(=O)O3)C2=O)ns1. The van der Waals surface area contributed by atoms with Crippen molar-refractivity contribution in [3.05, 3.63) is 29.1 Å². The van der Waals surface area contributed by atoms with Crippen LogP contribution in [0.1, 0.15) is 52.2 Å². The highest BCUT2D eigenvalue weighted by molar-refractivity contribution is 7.09. The Morgan fingerprint density at radius 3 is 2.22 bits per heavy atom. The van der Waals surface area contributed by atoms with Crippen LogP contribution in [0.2, 0.25) is 0 Å². The number of ketones is 1. The van der Waals surface area contributed by atoms with Gasteiger partial charge in [-0.05, 0) is 12.1 Å². The molecule has 0 aliphatic carbocycles. The number of carbonyl (C=O) groups is 7. The summed E-state index contributed by atoms with van der Waals surface area (Å²) in [7, 11) is 0. The van der Waals surface area contributed by atoms with E-state index < -0.39 is 101 Å². The Bertz CT molecular complexity index is 1810. The van der Waals surface area contributed by atoms with Crippen LogP contribution < -0.4 is 5.73 Å². The Morgan fingerprint density at radius 1 is 1.04 bits per heavy atom. The fourth-order valence-electron chi connectivity index (χ4n) is 5.67. The van der Waals surface area contributed by atoms with Gasteiger partial charge in [0.15, 0.2) is 28.1 Å². The maximum atomic E-state index is 13.5. The summed E-state index contributed by atoms with van der Waals surface area (Å²) < 4.78 is 14.2. The minimum absolute atomic E-state index is 0.0354. The number of nitrogen functional groups attached to an aromatic ring is 1. The summed E-state index contributed by atoms with van der Waals surface area (Å²) in [5, 5.41) is 43.5. The molecule has 22 heteroatoms. The van der Waals surface area contributed by atoms with Crippen LogP contribution in [0.25, 0.3) is 0 Å². The van der Waals surface area contributed by atoms with Gasteiger partial charge in [-0.2, -0.15) is 14.4 Å². The van der Waals surface area contributed by atoms with Crippen molar-refractivity contribution in [1.29, 1.82) is 0 Å². The van der Waals surface area contributed by atoms with Crippen molar-refractivity contribution < 1.29 is 73.1 Å². The number of ether oxygens (including phenoxy) is 2. The number of phenols is 2. The van der Waals surface area contributed by atoms with Crippen LogP contribution in [0, 0.1) is 5.92 Å². The van der Waals surface area contributed by atoms with Gasteiger partial charge in [-0.25, -0.2) is 14.4 Å². The van der Waals surface area contributed by atoms with Gasteiger partial charge >= 0.3 is 23.6 Å². The lowest BCUT2D eigenvalue weighted by atomic mass is 9.95. The Balaban J connectivity index is 1.22. The quantitative estimate of drug-likeness (QED) is 0.0626. The van der Waals surface area contributed by atoms with Crippen LogP contribution in [-0.4, -0.2) is 124 Å². The first-order chi connectivity index (χ1) is 23.2. The Labute approximate surface area is 276 Å². The third-order valence-electron chi connectivity index (χ3n) is 8.30. The molecule has 4 aliphatic heterocycles.